The Bertz CT molecular complexity index is 312. The second-order valence-corrected chi connectivity index (χ2v) is 3.98. The van der Waals surface area contributed by atoms with Crippen molar-refractivity contribution in [3.05, 3.63) is 35.4 Å². The van der Waals surface area contributed by atoms with Gasteiger partial charge in [-0.2, -0.15) is 0 Å². The highest BCUT2D eigenvalue weighted by Gasteiger charge is 2.30. The second-order valence-electron chi connectivity index (χ2n) is 3.98. The molecule has 2 rings (SSSR count). The standard InChI is InChI=1S/C12H16O3/c1-12(14-6-7-15-12)8-10-2-4-11(9-13)5-3-10/h2-5,13H,6-9H2,1H3. The quantitative estimate of drug-likeness (QED) is 0.817. The van der Waals surface area contributed by atoms with Crippen LogP contribution >= 0.6 is 0 Å². The van der Waals surface area contributed by atoms with E-state index in [1.807, 2.05) is 31.2 Å². The molecule has 0 aromatic heterocycles. The maximum atomic E-state index is 8.91. The van der Waals surface area contributed by atoms with Gasteiger partial charge in [0.05, 0.1) is 19.8 Å². The van der Waals surface area contributed by atoms with Gasteiger partial charge in [0.25, 0.3) is 0 Å². The Morgan fingerprint density at radius 2 is 1.67 bits per heavy atom. The third kappa shape index (κ3) is 2.56. The molecule has 0 unspecified atom stereocenters. The Labute approximate surface area is 89.6 Å². The Morgan fingerprint density at radius 1 is 1.13 bits per heavy atom. The molecule has 1 aromatic carbocycles. The van der Waals surface area contributed by atoms with Gasteiger partial charge in [-0.3, -0.25) is 0 Å². The first-order valence-electron chi connectivity index (χ1n) is 5.18. The molecule has 1 aromatic rings. The average Bonchev–Trinajstić information content (AvgIpc) is 2.66. The molecule has 0 radical (unpaired) electrons. The zero-order chi connectivity index (χ0) is 10.7. The van der Waals surface area contributed by atoms with Gasteiger partial charge in [0.1, 0.15) is 0 Å². The van der Waals surface area contributed by atoms with E-state index in [4.69, 9.17) is 14.6 Å². The van der Waals surface area contributed by atoms with Gasteiger partial charge in [-0.05, 0) is 18.1 Å². The van der Waals surface area contributed by atoms with Crippen LogP contribution in [0.25, 0.3) is 0 Å². The van der Waals surface area contributed by atoms with Crippen LogP contribution in [0.2, 0.25) is 0 Å². The van der Waals surface area contributed by atoms with Gasteiger partial charge in [-0.25, -0.2) is 0 Å². The third-order valence-corrected chi connectivity index (χ3v) is 2.63. The molecule has 1 aliphatic rings. The highest BCUT2D eigenvalue weighted by atomic mass is 16.7. The molecule has 1 N–H and O–H groups in total. The molecule has 0 saturated carbocycles. The van der Waals surface area contributed by atoms with Crippen molar-refractivity contribution in [2.24, 2.45) is 0 Å². The maximum absolute atomic E-state index is 8.91. The van der Waals surface area contributed by atoms with Crippen molar-refractivity contribution in [2.75, 3.05) is 13.2 Å². The predicted octanol–water partition coefficient (Wildman–Crippen LogP) is 1.48. The lowest BCUT2D eigenvalue weighted by Crippen LogP contribution is -2.28. The molecular weight excluding hydrogens is 192 g/mol. The van der Waals surface area contributed by atoms with Crippen molar-refractivity contribution in [1.82, 2.24) is 0 Å². The zero-order valence-electron chi connectivity index (χ0n) is 8.90. The maximum Gasteiger partial charge on any atom is 0.169 e. The van der Waals surface area contributed by atoms with Gasteiger partial charge in [-0.15, -0.1) is 0 Å². The topological polar surface area (TPSA) is 38.7 Å². The van der Waals surface area contributed by atoms with E-state index in [1.54, 1.807) is 0 Å². The van der Waals surface area contributed by atoms with Crippen molar-refractivity contribution in [2.45, 2.75) is 25.7 Å². The number of hydrogen-bond acceptors (Lipinski definition) is 3. The minimum Gasteiger partial charge on any atom is -0.392 e. The van der Waals surface area contributed by atoms with Crippen LogP contribution in [0, 0.1) is 0 Å². The van der Waals surface area contributed by atoms with E-state index in [-0.39, 0.29) is 6.61 Å². The summed E-state index contributed by atoms with van der Waals surface area (Å²) >= 11 is 0. The third-order valence-electron chi connectivity index (χ3n) is 2.63. The Balaban J connectivity index is 2.04. The summed E-state index contributed by atoms with van der Waals surface area (Å²) in [6, 6.07) is 7.85. The fourth-order valence-corrected chi connectivity index (χ4v) is 1.79. The molecule has 1 heterocycles. The minimum atomic E-state index is -0.471. The lowest BCUT2D eigenvalue weighted by Gasteiger charge is -2.22. The Hall–Kier alpha value is -0.900. The number of ether oxygens (including phenoxy) is 2. The van der Waals surface area contributed by atoms with Crippen LogP contribution in [0.5, 0.6) is 0 Å². The first-order valence-corrected chi connectivity index (χ1v) is 5.18. The molecule has 0 amide bonds. The largest absolute Gasteiger partial charge is 0.392 e. The van der Waals surface area contributed by atoms with E-state index in [2.05, 4.69) is 0 Å². The van der Waals surface area contributed by atoms with Crippen molar-refractivity contribution in [3.63, 3.8) is 0 Å². The molecule has 3 heteroatoms. The van der Waals surface area contributed by atoms with E-state index in [9.17, 15) is 0 Å². The summed E-state index contributed by atoms with van der Waals surface area (Å²) in [5, 5.41) is 8.91. The number of aliphatic hydroxyl groups excluding tert-OH is 1. The molecule has 1 saturated heterocycles. The second kappa shape index (κ2) is 4.31. The minimum absolute atomic E-state index is 0.0878. The molecule has 1 fully saturated rings. The van der Waals surface area contributed by atoms with E-state index < -0.39 is 5.79 Å². The fourth-order valence-electron chi connectivity index (χ4n) is 1.79. The average molecular weight is 208 g/mol. The van der Waals surface area contributed by atoms with Crippen molar-refractivity contribution < 1.29 is 14.6 Å². The highest BCUT2D eigenvalue weighted by molar-refractivity contribution is 5.22. The Morgan fingerprint density at radius 3 is 2.20 bits per heavy atom. The first-order chi connectivity index (χ1) is 7.22. The molecule has 0 bridgehead atoms. The number of rotatable bonds is 3. The predicted molar refractivity (Wildman–Crippen MR) is 56.4 cm³/mol. The molecule has 15 heavy (non-hydrogen) atoms. The molecule has 0 aliphatic carbocycles. The molecule has 1 aliphatic heterocycles. The SMILES string of the molecule is CC1(Cc2ccc(CO)cc2)OCCO1. The molecular formula is C12H16O3. The molecule has 3 nitrogen and oxygen atoms in total. The summed E-state index contributed by atoms with van der Waals surface area (Å²) in [4.78, 5) is 0. The van der Waals surface area contributed by atoms with Gasteiger partial charge < -0.3 is 14.6 Å². The molecule has 0 spiro atoms. The smallest absolute Gasteiger partial charge is 0.169 e. The van der Waals surface area contributed by atoms with E-state index in [0.29, 0.717) is 13.2 Å². The lowest BCUT2D eigenvalue weighted by molar-refractivity contribution is -0.140. The van der Waals surface area contributed by atoms with E-state index in [0.717, 1.165) is 17.5 Å². The van der Waals surface area contributed by atoms with Gasteiger partial charge in [-0.1, -0.05) is 24.3 Å². The summed E-state index contributed by atoms with van der Waals surface area (Å²) in [6.07, 6.45) is 0.749. The van der Waals surface area contributed by atoms with Crippen LogP contribution < -0.4 is 0 Å². The van der Waals surface area contributed by atoms with Crippen LogP contribution in [-0.2, 0) is 22.5 Å². The van der Waals surface area contributed by atoms with Crippen LogP contribution in [0.3, 0.4) is 0 Å². The van der Waals surface area contributed by atoms with Crippen molar-refractivity contribution in [3.8, 4) is 0 Å². The van der Waals surface area contributed by atoms with Gasteiger partial charge in [0.2, 0.25) is 0 Å². The Kier molecular flexibility index (Phi) is 3.05. The van der Waals surface area contributed by atoms with Gasteiger partial charge >= 0.3 is 0 Å². The summed E-state index contributed by atoms with van der Waals surface area (Å²) in [5.41, 5.74) is 2.09. The zero-order valence-corrected chi connectivity index (χ0v) is 8.90. The monoisotopic (exact) mass is 208 g/mol. The molecule has 0 atom stereocenters. The summed E-state index contributed by atoms with van der Waals surface area (Å²) in [5.74, 6) is -0.471. The van der Waals surface area contributed by atoms with Crippen LogP contribution in [0.1, 0.15) is 18.1 Å². The van der Waals surface area contributed by atoms with Crippen LogP contribution in [0.15, 0.2) is 24.3 Å². The normalized spacial score (nSPS) is 19.3. The van der Waals surface area contributed by atoms with Crippen LogP contribution in [-0.4, -0.2) is 24.1 Å². The summed E-state index contributed by atoms with van der Waals surface area (Å²) in [6.45, 7) is 3.39. The first kappa shape index (κ1) is 10.6. The van der Waals surface area contributed by atoms with E-state index >= 15 is 0 Å². The molecule has 82 valence electrons. The number of aliphatic hydroxyl groups is 1. The van der Waals surface area contributed by atoms with Gasteiger partial charge in [0.15, 0.2) is 5.79 Å². The summed E-state index contributed by atoms with van der Waals surface area (Å²) in [7, 11) is 0. The highest BCUT2D eigenvalue weighted by Crippen LogP contribution is 2.23. The number of hydrogen-bond donors (Lipinski definition) is 1. The lowest BCUT2D eigenvalue weighted by atomic mass is 10.0. The number of benzene rings is 1. The van der Waals surface area contributed by atoms with Crippen LogP contribution in [0.4, 0.5) is 0 Å². The van der Waals surface area contributed by atoms with E-state index in [1.165, 1.54) is 0 Å². The van der Waals surface area contributed by atoms with Crippen molar-refractivity contribution >= 4 is 0 Å². The van der Waals surface area contributed by atoms with Gasteiger partial charge in [0, 0.05) is 6.42 Å². The van der Waals surface area contributed by atoms with Crippen molar-refractivity contribution in [1.29, 1.82) is 0 Å². The summed E-state index contributed by atoms with van der Waals surface area (Å²) < 4.78 is 11.1. The fraction of sp³-hybridized carbons (Fsp3) is 0.500.